The molecule has 3 rings (SSSR count). The highest BCUT2D eigenvalue weighted by Crippen LogP contribution is 2.27. The first-order chi connectivity index (χ1) is 11.9. The lowest BCUT2D eigenvalue weighted by Gasteiger charge is -2.17. The zero-order valence-electron chi connectivity index (χ0n) is 13.1. The average molecular weight is 402 g/mol. The van der Waals surface area contributed by atoms with E-state index >= 15 is 0 Å². The van der Waals surface area contributed by atoms with Crippen LogP contribution in [0.2, 0.25) is 0 Å². The Bertz CT molecular complexity index is 818. The second-order valence-corrected chi connectivity index (χ2v) is 6.65. The summed E-state index contributed by atoms with van der Waals surface area (Å²) >= 11 is 3.35. The summed E-state index contributed by atoms with van der Waals surface area (Å²) < 4.78 is 0.914. The number of benzene rings is 2. The SMILES string of the molecule is O=C([O-])c1ccc(NC(=O)[C@@H]2CC(=O)N(c3ccc(Br)cc3)C2)cc1. The van der Waals surface area contributed by atoms with Gasteiger partial charge in [0.1, 0.15) is 0 Å². The van der Waals surface area contributed by atoms with Gasteiger partial charge in [-0.2, -0.15) is 0 Å². The van der Waals surface area contributed by atoms with Gasteiger partial charge in [-0.3, -0.25) is 9.59 Å². The lowest BCUT2D eigenvalue weighted by atomic mass is 10.1. The molecule has 0 radical (unpaired) electrons. The molecule has 2 aromatic rings. The summed E-state index contributed by atoms with van der Waals surface area (Å²) in [6.45, 7) is 0.309. The Hall–Kier alpha value is -2.67. The molecule has 1 fully saturated rings. The number of halogens is 1. The van der Waals surface area contributed by atoms with Crippen LogP contribution in [0, 0.1) is 5.92 Å². The van der Waals surface area contributed by atoms with Crippen molar-refractivity contribution in [2.24, 2.45) is 5.92 Å². The van der Waals surface area contributed by atoms with Gasteiger partial charge in [0.15, 0.2) is 0 Å². The number of hydrogen-bond acceptors (Lipinski definition) is 4. The summed E-state index contributed by atoms with van der Waals surface area (Å²) in [5, 5.41) is 13.4. The van der Waals surface area contributed by atoms with Gasteiger partial charge in [-0.25, -0.2) is 0 Å². The van der Waals surface area contributed by atoms with E-state index < -0.39 is 11.9 Å². The third-order valence-corrected chi connectivity index (χ3v) is 4.55. The largest absolute Gasteiger partial charge is 0.545 e. The minimum Gasteiger partial charge on any atom is -0.545 e. The molecular weight excluding hydrogens is 388 g/mol. The topological polar surface area (TPSA) is 89.5 Å². The number of nitrogens with one attached hydrogen (secondary N) is 1. The maximum absolute atomic E-state index is 12.4. The van der Waals surface area contributed by atoms with Gasteiger partial charge in [0.25, 0.3) is 0 Å². The van der Waals surface area contributed by atoms with Crippen molar-refractivity contribution in [1.82, 2.24) is 0 Å². The second kappa shape index (κ2) is 7.06. The van der Waals surface area contributed by atoms with Crippen molar-refractivity contribution in [2.45, 2.75) is 6.42 Å². The molecule has 0 aromatic heterocycles. The molecule has 0 unspecified atom stereocenters. The maximum atomic E-state index is 12.4. The number of rotatable bonds is 4. The first kappa shape index (κ1) is 17.2. The number of carboxylic acid groups (broad SMARTS) is 1. The van der Waals surface area contributed by atoms with E-state index in [9.17, 15) is 19.5 Å². The molecule has 1 saturated heterocycles. The molecule has 6 nitrogen and oxygen atoms in total. The summed E-state index contributed by atoms with van der Waals surface area (Å²) in [6.07, 6.45) is 0.138. The molecule has 2 amide bonds. The highest BCUT2D eigenvalue weighted by atomic mass is 79.9. The molecule has 2 aromatic carbocycles. The number of carboxylic acids is 1. The third-order valence-electron chi connectivity index (χ3n) is 4.02. The minimum absolute atomic E-state index is 0.0375. The third kappa shape index (κ3) is 3.88. The Morgan fingerprint density at radius 3 is 2.32 bits per heavy atom. The van der Waals surface area contributed by atoms with Gasteiger partial charge in [-0.05, 0) is 42.0 Å². The van der Waals surface area contributed by atoms with Crippen molar-refractivity contribution in [2.75, 3.05) is 16.8 Å². The van der Waals surface area contributed by atoms with E-state index in [0.717, 1.165) is 10.2 Å². The van der Waals surface area contributed by atoms with Crippen LogP contribution < -0.4 is 15.3 Å². The molecule has 0 spiro atoms. The van der Waals surface area contributed by atoms with Crippen LogP contribution in [0.1, 0.15) is 16.8 Å². The van der Waals surface area contributed by atoms with Gasteiger partial charge in [0.05, 0.1) is 11.9 Å². The van der Waals surface area contributed by atoms with E-state index in [4.69, 9.17) is 0 Å². The number of aromatic carboxylic acids is 1. The van der Waals surface area contributed by atoms with Gasteiger partial charge in [-0.1, -0.05) is 28.1 Å². The van der Waals surface area contributed by atoms with Gasteiger partial charge in [0, 0.05) is 28.8 Å². The minimum atomic E-state index is -1.27. The molecule has 7 heteroatoms. The van der Waals surface area contributed by atoms with Crippen LogP contribution in [-0.4, -0.2) is 24.3 Å². The predicted molar refractivity (Wildman–Crippen MR) is 94.0 cm³/mol. The number of nitrogens with zero attached hydrogens (tertiary/aromatic N) is 1. The molecule has 1 heterocycles. The molecule has 1 aliphatic rings. The van der Waals surface area contributed by atoms with Crippen LogP contribution in [-0.2, 0) is 9.59 Å². The van der Waals surface area contributed by atoms with Crippen LogP contribution in [0.5, 0.6) is 0 Å². The molecule has 0 saturated carbocycles. The van der Waals surface area contributed by atoms with Crippen LogP contribution in [0.4, 0.5) is 11.4 Å². The zero-order valence-corrected chi connectivity index (χ0v) is 14.7. The predicted octanol–water partition coefficient (Wildman–Crippen LogP) is 1.80. The maximum Gasteiger partial charge on any atom is 0.229 e. The fourth-order valence-corrected chi connectivity index (χ4v) is 2.95. The average Bonchev–Trinajstić information content (AvgIpc) is 2.98. The number of carbonyl (C=O) groups excluding carboxylic acids is 3. The van der Waals surface area contributed by atoms with Crippen LogP contribution in [0.15, 0.2) is 53.0 Å². The fraction of sp³-hybridized carbons (Fsp3) is 0.167. The molecule has 0 bridgehead atoms. The smallest absolute Gasteiger partial charge is 0.229 e. The van der Waals surface area contributed by atoms with E-state index in [0.29, 0.717) is 12.2 Å². The first-order valence-corrected chi connectivity index (χ1v) is 8.41. The fourth-order valence-electron chi connectivity index (χ4n) is 2.69. The van der Waals surface area contributed by atoms with E-state index in [1.807, 2.05) is 24.3 Å². The molecule has 0 aliphatic carbocycles. The number of hydrogen-bond donors (Lipinski definition) is 1. The quantitative estimate of drug-likeness (QED) is 0.845. The zero-order chi connectivity index (χ0) is 18.0. The highest BCUT2D eigenvalue weighted by Gasteiger charge is 2.35. The van der Waals surface area contributed by atoms with E-state index in [1.54, 1.807) is 4.90 Å². The molecular formula is C18H14BrN2O4-. The Morgan fingerprint density at radius 2 is 1.72 bits per heavy atom. The second-order valence-electron chi connectivity index (χ2n) is 5.74. The van der Waals surface area contributed by atoms with Crippen molar-refractivity contribution >= 4 is 45.1 Å². The van der Waals surface area contributed by atoms with Crippen molar-refractivity contribution in [3.63, 3.8) is 0 Å². The Kier molecular flexibility index (Phi) is 4.85. The van der Waals surface area contributed by atoms with Gasteiger partial charge in [-0.15, -0.1) is 0 Å². The summed E-state index contributed by atoms with van der Waals surface area (Å²) in [5.74, 6) is -2.11. The molecule has 25 heavy (non-hydrogen) atoms. The van der Waals surface area contributed by atoms with Gasteiger partial charge in [0.2, 0.25) is 11.8 Å². The molecule has 1 aliphatic heterocycles. The Morgan fingerprint density at radius 1 is 1.08 bits per heavy atom. The first-order valence-electron chi connectivity index (χ1n) is 7.62. The summed E-state index contributed by atoms with van der Waals surface area (Å²) in [7, 11) is 0. The van der Waals surface area contributed by atoms with E-state index in [-0.39, 0.29) is 23.8 Å². The van der Waals surface area contributed by atoms with E-state index in [1.165, 1.54) is 24.3 Å². The van der Waals surface area contributed by atoms with Crippen molar-refractivity contribution in [1.29, 1.82) is 0 Å². The lowest BCUT2D eigenvalue weighted by molar-refractivity contribution is -0.255. The standard InChI is InChI=1S/C18H15BrN2O4/c19-13-3-7-15(8-4-13)21-10-12(9-16(21)22)17(23)20-14-5-1-11(2-6-14)18(24)25/h1-8,12H,9-10H2,(H,20,23)(H,24,25)/p-1/t12-/m1/s1. The van der Waals surface area contributed by atoms with Crippen molar-refractivity contribution < 1.29 is 19.5 Å². The van der Waals surface area contributed by atoms with Gasteiger partial charge >= 0.3 is 0 Å². The Balaban J connectivity index is 1.66. The highest BCUT2D eigenvalue weighted by molar-refractivity contribution is 9.10. The lowest BCUT2D eigenvalue weighted by Crippen LogP contribution is -2.28. The van der Waals surface area contributed by atoms with Gasteiger partial charge < -0.3 is 20.1 Å². The summed E-state index contributed by atoms with van der Waals surface area (Å²) in [5.41, 5.74) is 1.27. The van der Waals surface area contributed by atoms with Crippen molar-refractivity contribution in [3.8, 4) is 0 Å². The van der Waals surface area contributed by atoms with Crippen LogP contribution in [0.3, 0.4) is 0 Å². The molecule has 128 valence electrons. The van der Waals surface area contributed by atoms with Crippen molar-refractivity contribution in [3.05, 3.63) is 58.6 Å². The normalized spacial score (nSPS) is 16.8. The number of amides is 2. The molecule has 1 N–H and O–H groups in total. The summed E-state index contributed by atoms with van der Waals surface area (Å²) in [6, 6.07) is 13.0. The molecule has 1 atom stereocenters. The Labute approximate surface area is 152 Å². The van der Waals surface area contributed by atoms with Crippen LogP contribution >= 0.6 is 15.9 Å². The number of carbonyl (C=O) groups is 3. The van der Waals surface area contributed by atoms with Crippen LogP contribution in [0.25, 0.3) is 0 Å². The number of anilines is 2. The monoisotopic (exact) mass is 401 g/mol. The summed E-state index contributed by atoms with van der Waals surface area (Å²) in [4.78, 5) is 36.9. The van der Waals surface area contributed by atoms with E-state index in [2.05, 4.69) is 21.2 Å².